The monoisotopic (exact) mass is 394 g/mol. The quantitative estimate of drug-likeness (QED) is 0.608. The van der Waals surface area contributed by atoms with Crippen LogP contribution in [0.3, 0.4) is 0 Å². The van der Waals surface area contributed by atoms with E-state index < -0.39 is 24.1 Å². The van der Waals surface area contributed by atoms with E-state index in [1.165, 1.54) is 0 Å². The van der Waals surface area contributed by atoms with E-state index in [-0.39, 0.29) is 35.5 Å². The average Bonchev–Trinajstić information content (AvgIpc) is 2.57. The molecule has 0 saturated heterocycles. The molecule has 6 nitrogen and oxygen atoms in total. The zero-order chi connectivity index (χ0) is 21.5. The molecule has 0 aliphatic heterocycles. The Morgan fingerprint density at radius 1 is 0.750 bits per heavy atom. The summed E-state index contributed by atoms with van der Waals surface area (Å²) in [7, 11) is 0. The van der Waals surface area contributed by atoms with E-state index in [0.29, 0.717) is 0 Å². The second-order valence-corrected chi connectivity index (χ2v) is 8.82. The molecule has 0 saturated carbocycles. The minimum atomic E-state index is -0.587. The largest absolute Gasteiger partial charge is 0.457 e. The minimum Gasteiger partial charge on any atom is -0.457 e. The Morgan fingerprint density at radius 3 is 1.36 bits per heavy atom. The second-order valence-electron chi connectivity index (χ2n) is 8.82. The van der Waals surface area contributed by atoms with E-state index in [4.69, 9.17) is 18.9 Å². The molecule has 0 radical (unpaired) electrons. The van der Waals surface area contributed by atoms with Crippen LogP contribution in [0.25, 0.3) is 0 Å². The van der Waals surface area contributed by atoms with Crippen molar-refractivity contribution >= 4 is 11.9 Å². The smallest absolute Gasteiger partial charge is 0.339 e. The van der Waals surface area contributed by atoms with Crippen LogP contribution in [-0.2, 0) is 18.9 Å². The summed E-state index contributed by atoms with van der Waals surface area (Å²) in [5, 5.41) is 0. The highest BCUT2D eigenvalue weighted by Crippen LogP contribution is 2.16. The molecule has 1 rings (SSSR count). The maximum Gasteiger partial charge on any atom is 0.339 e. The molecule has 0 fully saturated rings. The summed E-state index contributed by atoms with van der Waals surface area (Å²) in [6.07, 6.45) is -0.898. The Hall–Kier alpha value is -1.92. The van der Waals surface area contributed by atoms with Crippen LogP contribution < -0.4 is 0 Å². The van der Waals surface area contributed by atoms with Crippen LogP contribution in [0.5, 0.6) is 0 Å². The van der Waals surface area contributed by atoms with Gasteiger partial charge in [0.1, 0.15) is 12.2 Å². The first-order valence-corrected chi connectivity index (χ1v) is 9.57. The van der Waals surface area contributed by atoms with Crippen LogP contribution in [0.15, 0.2) is 24.3 Å². The summed E-state index contributed by atoms with van der Waals surface area (Å²) in [6, 6.07) is 6.45. The van der Waals surface area contributed by atoms with Gasteiger partial charge in [0.25, 0.3) is 0 Å². The van der Waals surface area contributed by atoms with Gasteiger partial charge in [0.05, 0.1) is 35.5 Å². The van der Waals surface area contributed by atoms with E-state index in [9.17, 15) is 9.59 Å². The molecule has 2 atom stereocenters. The first-order valence-electron chi connectivity index (χ1n) is 9.57. The lowest BCUT2D eigenvalue weighted by Gasteiger charge is -2.23. The summed E-state index contributed by atoms with van der Waals surface area (Å²) < 4.78 is 22.1. The normalized spacial score (nSPS) is 14.3. The fraction of sp³-hybridized carbons (Fsp3) is 0.636. The van der Waals surface area contributed by atoms with Crippen molar-refractivity contribution in [2.75, 3.05) is 13.2 Å². The van der Waals surface area contributed by atoms with Crippen LogP contribution in [0, 0.1) is 0 Å². The molecule has 6 heteroatoms. The molecule has 1 aromatic rings. The SMILES string of the molecule is CC(COC(C)(C)C)OC(=O)c1ccccc1C(=O)OC(C)COC(C)(C)C. The molecule has 0 aliphatic rings. The molecular weight excluding hydrogens is 360 g/mol. The summed E-state index contributed by atoms with van der Waals surface area (Å²) in [5.41, 5.74) is -0.320. The molecule has 0 heterocycles. The molecule has 0 amide bonds. The number of ether oxygens (including phenoxy) is 4. The Morgan fingerprint density at radius 2 is 1.07 bits per heavy atom. The fourth-order valence-electron chi connectivity index (χ4n) is 2.13. The molecule has 2 unspecified atom stereocenters. The topological polar surface area (TPSA) is 71.1 Å². The van der Waals surface area contributed by atoms with Crippen LogP contribution in [0.2, 0.25) is 0 Å². The standard InChI is InChI=1S/C22H34O6/c1-15(13-25-21(3,4)5)27-19(23)17-11-9-10-12-18(17)20(24)28-16(2)14-26-22(6,7)8/h9-12,15-16H,13-14H2,1-8H3. The molecule has 1 aromatic carbocycles. The van der Waals surface area contributed by atoms with E-state index in [0.717, 1.165) is 0 Å². The molecule has 0 aromatic heterocycles. The summed E-state index contributed by atoms with van der Waals surface area (Å²) in [5.74, 6) is -1.17. The Bertz CT molecular complexity index is 597. The van der Waals surface area contributed by atoms with Gasteiger partial charge >= 0.3 is 11.9 Å². The van der Waals surface area contributed by atoms with Gasteiger partial charge in [0.2, 0.25) is 0 Å². The molecule has 28 heavy (non-hydrogen) atoms. The van der Waals surface area contributed by atoms with Crippen molar-refractivity contribution < 1.29 is 28.5 Å². The molecule has 0 spiro atoms. The first kappa shape index (κ1) is 24.1. The molecular formula is C22H34O6. The van der Waals surface area contributed by atoms with Gasteiger partial charge < -0.3 is 18.9 Å². The number of esters is 2. The van der Waals surface area contributed by atoms with Gasteiger partial charge in [0, 0.05) is 0 Å². The van der Waals surface area contributed by atoms with Crippen molar-refractivity contribution in [1.29, 1.82) is 0 Å². The summed E-state index contributed by atoms with van der Waals surface area (Å²) in [6.45, 7) is 15.6. The number of hydrogen-bond acceptors (Lipinski definition) is 6. The predicted molar refractivity (Wildman–Crippen MR) is 108 cm³/mol. The van der Waals surface area contributed by atoms with Gasteiger partial charge in [-0.05, 0) is 67.5 Å². The fourth-order valence-corrected chi connectivity index (χ4v) is 2.13. The first-order chi connectivity index (χ1) is 12.8. The molecule has 0 aliphatic carbocycles. The zero-order valence-corrected chi connectivity index (χ0v) is 18.3. The van der Waals surface area contributed by atoms with Gasteiger partial charge in [-0.25, -0.2) is 9.59 Å². The van der Waals surface area contributed by atoms with Crippen LogP contribution in [0.4, 0.5) is 0 Å². The lowest BCUT2D eigenvalue weighted by Crippen LogP contribution is -2.29. The van der Waals surface area contributed by atoms with E-state index in [1.807, 2.05) is 41.5 Å². The zero-order valence-electron chi connectivity index (χ0n) is 18.3. The molecule has 0 bridgehead atoms. The second kappa shape index (κ2) is 10.0. The third-order valence-corrected chi connectivity index (χ3v) is 3.49. The summed E-state index contributed by atoms with van der Waals surface area (Å²) >= 11 is 0. The highest BCUT2D eigenvalue weighted by Gasteiger charge is 2.23. The maximum atomic E-state index is 12.5. The highest BCUT2D eigenvalue weighted by molar-refractivity contribution is 6.03. The van der Waals surface area contributed by atoms with Crippen molar-refractivity contribution in [3.8, 4) is 0 Å². The predicted octanol–water partition coefficient (Wildman–Crippen LogP) is 4.41. The van der Waals surface area contributed by atoms with E-state index in [2.05, 4.69) is 0 Å². The third-order valence-electron chi connectivity index (χ3n) is 3.49. The maximum absolute atomic E-state index is 12.5. The Labute approximate surface area is 168 Å². The summed E-state index contributed by atoms with van der Waals surface area (Å²) in [4.78, 5) is 25.1. The van der Waals surface area contributed by atoms with Crippen molar-refractivity contribution in [3.63, 3.8) is 0 Å². The minimum absolute atomic E-state index is 0.166. The van der Waals surface area contributed by atoms with Gasteiger partial charge in [-0.15, -0.1) is 0 Å². The van der Waals surface area contributed by atoms with Gasteiger partial charge in [-0.1, -0.05) is 12.1 Å². The molecule has 0 N–H and O–H groups in total. The van der Waals surface area contributed by atoms with Crippen molar-refractivity contribution in [3.05, 3.63) is 35.4 Å². The van der Waals surface area contributed by atoms with Gasteiger partial charge in [0.15, 0.2) is 0 Å². The van der Waals surface area contributed by atoms with Crippen molar-refractivity contribution in [1.82, 2.24) is 0 Å². The Kier molecular flexibility index (Phi) is 8.64. The van der Waals surface area contributed by atoms with Crippen LogP contribution in [0.1, 0.15) is 76.1 Å². The Balaban J connectivity index is 2.75. The number of carbonyl (C=O) groups is 2. The van der Waals surface area contributed by atoms with E-state index in [1.54, 1.807) is 38.1 Å². The average molecular weight is 395 g/mol. The lowest BCUT2D eigenvalue weighted by molar-refractivity contribution is -0.0542. The van der Waals surface area contributed by atoms with Gasteiger partial charge in [-0.3, -0.25) is 0 Å². The third kappa shape index (κ3) is 9.33. The van der Waals surface area contributed by atoms with Crippen LogP contribution in [-0.4, -0.2) is 48.6 Å². The van der Waals surface area contributed by atoms with Crippen molar-refractivity contribution in [2.24, 2.45) is 0 Å². The number of carbonyl (C=O) groups excluding carboxylic acids is 2. The number of benzene rings is 1. The van der Waals surface area contributed by atoms with E-state index >= 15 is 0 Å². The molecule has 158 valence electrons. The van der Waals surface area contributed by atoms with Crippen LogP contribution >= 0.6 is 0 Å². The lowest BCUT2D eigenvalue weighted by atomic mass is 10.1. The van der Waals surface area contributed by atoms with Gasteiger partial charge in [-0.2, -0.15) is 0 Å². The van der Waals surface area contributed by atoms with Crippen molar-refractivity contribution in [2.45, 2.75) is 78.8 Å². The highest BCUT2D eigenvalue weighted by atomic mass is 16.6. The number of hydrogen-bond donors (Lipinski definition) is 0. The number of rotatable bonds is 8.